The Morgan fingerprint density at radius 1 is 1.27 bits per heavy atom. The number of pyridine rings is 1. The molecule has 0 saturated heterocycles. The fourth-order valence-electron chi connectivity index (χ4n) is 2.33. The molecular weight excluding hydrogens is 280 g/mol. The molecule has 0 radical (unpaired) electrons. The van der Waals surface area contributed by atoms with Gasteiger partial charge < -0.3 is 10.4 Å². The van der Waals surface area contributed by atoms with E-state index >= 15 is 0 Å². The zero-order chi connectivity index (χ0) is 16.3. The van der Waals surface area contributed by atoms with Crippen LogP contribution in [0.5, 0.6) is 0 Å². The van der Waals surface area contributed by atoms with Crippen molar-refractivity contribution >= 4 is 22.8 Å². The Bertz CT molecular complexity index is 712. The second-order valence-electron chi connectivity index (χ2n) is 5.50. The van der Waals surface area contributed by atoms with Crippen LogP contribution in [-0.2, 0) is 4.79 Å². The SMILES string of the molecule is CCC(C)C(NC(=O)c1cccc2ccc(C)nc12)C(=O)O. The van der Waals surface area contributed by atoms with Crippen molar-refractivity contribution in [2.45, 2.75) is 33.2 Å². The number of carboxylic acids is 1. The van der Waals surface area contributed by atoms with E-state index < -0.39 is 17.9 Å². The molecule has 5 nitrogen and oxygen atoms in total. The predicted octanol–water partition coefficient (Wildman–Crippen LogP) is 2.77. The number of fused-ring (bicyclic) bond motifs is 1. The summed E-state index contributed by atoms with van der Waals surface area (Å²) in [6, 6.07) is 8.19. The highest BCUT2D eigenvalue weighted by atomic mass is 16.4. The van der Waals surface area contributed by atoms with Crippen molar-refractivity contribution in [2.75, 3.05) is 0 Å². The molecule has 22 heavy (non-hydrogen) atoms. The molecule has 0 spiro atoms. The van der Waals surface area contributed by atoms with Crippen LogP contribution in [0.2, 0.25) is 0 Å². The number of nitrogens with one attached hydrogen (secondary N) is 1. The number of benzene rings is 1. The van der Waals surface area contributed by atoms with E-state index in [0.717, 1.165) is 11.1 Å². The van der Waals surface area contributed by atoms with Crippen LogP contribution in [0.15, 0.2) is 30.3 Å². The van der Waals surface area contributed by atoms with E-state index in [2.05, 4.69) is 10.3 Å². The average Bonchev–Trinajstić information content (AvgIpc) is 2.50. The number of para-hydroxylation sites is 1. The summed E-state index contributed by atoms with van der Waals surface area (Å²) in [5.41, 5.74) is 1.80. The molecule has 1 heterocycles. The first-order chi connectivity index (χ1) is 10.4. The molecule has 2 aromatic rings. The zero-order valence-electron chi connectivity index (χ0n) is 13.0. The van der Waals surface area contributed by atoms with Gasteiger partial charge in [-0.2, -0.15) is 0 Å². The Morgan fingerprint density at radius 3 is 2.64 bits per heavy atom. The third-order valence-corrected chi connectivity index (χ3v) is 3.87. The quantitative estimate of drug-likeness (QED) is 0.890. The van der Waals surface area contributed by atoms with Crippen molar-refractivity contribution in [3.63, 3.8) is 0 Å². The van der Waals surface area contributed by atoms with Gasteiger partial charge in [-0.15, -0.1) is 0 Å². The Hall–Kier alpha value is -2.43. The highest BCUT2D eigenvalue weighted by Gasteiger charge is 2.26. The topological polar surface area (TPSA) is 79.3 Å². The second-order valence-corrected chi connectivity index (χ2v) is 5.50. The number of hydrogen-bond donors (Lipinski definition) is 2. The van der Waals surface area contributed by atoms with Crippen molar-refractivity contribution in [3.05, 3.63) is 41.6 Å². The third kappa shape index (κ3) is 3.24. The number of aromatic nitrogens is 1. The maximum Gasteiger partial charge on any atom is 0.326 e. The third-order valence-electron chi connectivity index (χ3n) is 3.87. The van der Waals surface area contributed by atoms with Gasteiger partial charge in [-0.25, -0.2) is 4.79 Å². The molecule has 2 N–H and O–H groups in total. The molecule has 1 aromatic heterocycles. The lowest BCUT2D eigenvalue weighted by Crippen LogP contribution is -2.45. The van der Waals surface area contributed by atoms with Gasteiger partial charge in [-0.05, 0) is 25.0 Å². The van der Waals surface area contributed by atoms with Gasteiger partial charge in [0, 0.05) is 11.1 Å². The van der Waals surface area contributed by atoms with Crippen molar-refractivity contribution in [1.29, 1.82) is 0 Å². The van der Waals surface area contributed by atoms with Crippen LogP contribution in [0.25, 0.3) is 10.9 Å². The molecule has 1 aromatic carbocycles. The molecule has 0 aliphatic heterocycles. The molecular formula is C17H20N2O3. The van der Waals surface area contributed by atoms with Crippen LogP contribution in [0.4, 0.5) is 0 Å². The van der Waals surface area contributed by atoms with E-state index in [1.807, 2.05) is 39.0 Å². The second kappa shape index (κ2) is 6.56. The minimum absolute atomic E-state index is 0.147. The number of aryl methyl sites for hydroxylation is 1. The summed E-state index contributed by atoms with van der Waals surface area (Å²) in [7, 11) is 0. The first-order valence-corrected chi connectivity index (χ1v) is 7.34. The summed E-state index contributed by atoms with van der Waals surface area (Å²) in [5.74, 6) is -1.57. The fourth-order valence-corrected chi connectivity index (χ4v) is 2.33. The van der Waals surface area contributed by atoms with Gasteiger partial charge in [-0.1, -0.05) is 38.5 Å². The van der Waals surface area contributed by atoms with Crippen LogP contribution < -0.4 is 5.32 Å². The average molecular weight is 300 g/mol. The molecule has 5 heteroatoms. The number of rotatable bonds is 5. The first-order valence-electron chi connectivity index (χ1n) is 7.34. The highest BCUT2D eigenvalue weighted by molar-refractivity contribution is 6.06. The fraction of sp³-hybridized carbons (Fsp3) is 0.353. The van der Waals surface area contributed by atoms with Gasteiger partial charge >= 0.3 is 5.97 Å². The standard InChI is InChI=1S/C17H20N2O3/c1-4-10(2)14(17(21)22)19-16(20)13-7-5-6-12-9-8-11(3)18-15(12)13/h5-10,14H,4H2,1-3H3,(H,19,20)(H,21,22). The lowest BCUT2D eigenvalue weighted by atomic mass is 9.98. The summed E-state index contributed by atoms with van der Waals surface area (Å²) in [5, 5.41) is 12.8. The van der Waals surface area contributed by atoms with Gasteiger partial charge in [0.05, 0.1) is 11.1 Å². The van der Waals surface area contributed by atoms with Gasteiger partial charge in [0.15, 0.2) is 0 Å². The molecule has 2 unspecified atom stereocenters. The molecule has 0 saturated carbocycles. The van der Waals surface area contributed by atoms with E-state index in [-0.39, 0.29) is 5.92 Å². The molecule has 0 bridgehead atoms. The van der Waals surface area contributed by atoms with E-state index in [0.29, 0.717) is 17.5 Å². The zero-order valence-corrected chi connectivity index (χ0v) is 13.0. The van der Waals surface area contributed by atoms with Crippen LogP contribution in [-0.4, -0.2) is 28.0 Å². The highest BCUT2D eigenvalue weighted by Crippen LogP contribution is 2.18. The molecule has 0 aliphatic carbocycles. The number of carbonyl (C=O) groups excluding carboxylic acids is 1. The Morgan fingerprint density at radius 2 is 2.00 bits per heavy atom. The predicted molar refractivity (Wildman–Crippen MR) is 84.8 cm³/mol. The van der Waals surface area contributed by atoms with Gasteiger partial charge in [0.1, 0.15) is 6.04 Å². The van der Waals surface area contributed by atoms with E-state index in [1.165, 1.54) is 0 Å². The number of nitrogens with zero attached hydrogens (tertiary/aromatic N) is 1. The molecule has 0 fully saturated rings. The van der Waals surface area contributed by atoms with Crippen LogP contribution >= 0.6 is 0 Å². The molecule has 2 atom stereocenters. The smallest absolute Gasteiger partial charge is 0.326 e. The van der Waals surface area contributed by atoms with E-state index in [4.69, 9.17) is 0 Å². The van der Waals surface area contributed by atoms with Gasteiger partial charge in [0.2, 0.25) is 0 Å². The number of amides is 1. The van der Waals surface area contributed by atoms with Crippen LogP contribution in [0.3, 0.4) is 0 Å². The summed E-state index contributed by atoms with van der Waals surface area (Å²) >= 11 is 0. The Kier molecular flexibility index (Phi) is 4.75. The van der Waals surface area contributed by atoms with Crippen molar-refractivity contribution < 1.29 is 14.7 Å². The lowest BCUT2D eigenvalue weighted by Gasteiger charge is -2.20. The van der Waals surface area contributed by atoms with E-state index in [1.54, 1.807) is 12.1 Å². The van der Waals surface area contributed by atoms with Crippen LogP contribution in [0.1, 0.15) is 36.3 Å². The molecule has 1 amide bonds. The monoisotopic (exact) mass is 300 g/mol. The summed E-state index contributed by atoms with van der Waals surface area (Å²) < 4.78 is 0. The largest absolute Gasteiger partial charge is 0.480 e. The van der Waals surface area contributed by atoms with Gasteiger partial charge in [0.25, 0.3) is 5.91 Å². The molecule has 2 rings (SSSR count). The van der Waals surface area contributed by atoms with Crippen molar-refractivity contribution in [2.24, 2.45) is 5.92 Å². The number of aliphatic carboxylic acids is 1. The summed E-state index contributed by atoms with van der Waals surface area (Å²) in [4.78, 5) is 28.3. The number of carboxylic acid groups (broad SMARTS) is 1. The van der Waals surface area contributed by atoms with Crippen LogP contribution in [0, 0.1) is 12.8 Å². The normalized spacial score (nSPS) is 13.6. The first kappa shape index (κ1) is 15.9. The number of hydrogen-bond acceptors (Lipinski definition) is 3. The molecule has 116 valence electrons. The molecule has 0 aliphatic rings. The summed E-state index contributed by atoms with van der Waals surface area (Å²) in [6.07, 6.45) is 0.671. The maximum atomic E-state index is 12.5. The van der Waals surface area contributed by atoms with Crippen molar-refractivity contribution in [1.82, 2.24) is 10.3 Å². The number of carbonyl (C=O) groups is 2. The minimum Gasteiger partial charge on any atom is -0.480 e. The summed E-state index contributed by atoms with van der Waals surface area (Å²) in [6.45, 7) is 5.56. The van der Waals surface area contributed by atoms with Crippen molar-refractivity contribution in [3.8, 4) is 0 Å². The van der Waals surface area contributed by atoms with Gasteiger partial charge in [-0.3, -0.25) is 9.78 Å². The Balaban J connectivity index is 2.37. The lowest BCUT2D eigenvalue weighted by molar-refractivity contribution is -0.140. The minimum atomic E-state index is -1.02. The maximum absolute atomic E-state index is 12.5. The van der Waals surface area contributed by atoms with E-state index in [9.17, 15) is 14.7 Å². The Labute approximate surface area is 129 Å².